The molecule has 2 nitrogen and oxygen atoms in total. The van der Waals surface area contributed by atoms with E-state index in [-0.39, 0.29) is 6.61 Å². The van der Waals surface area contributed by atoms with Gasteiger partial charge in [-0.2, -0.15) is 0 Å². The minimum atomic E-state index is 0.125. The maximum atomic E-state index is 8.20. The molecule has 0 aromatic heterocycles. The first-order chi connectivity index (χ1) is 3.43. The van der Waals surface area contributed by atoms with Gasteiger partial charge in [-0.25, -0.2) is 0 Å². The number of aliphatic hydroxyl groups is 1. The first-order valence-corrected chi connectivity index (χ1v) is 2.32. The molecule has 0 aromatic carbocycles. The zero-order chi connectivity index (χ0) is 5.11. The fourth-order valence-corrected chi connectivity index (χ4v) is 0.379. The summed E-state index contributed by atoms with van der Waals surface area (Å²) in [5, 5.41) is 8.20. The highest BCUT2D eigenvalue weighted by Gasteiger charge is 2.17. The number of aliphatic hydroxyl groups excluding tert-OH is 1. The van der Waals surface area contributed by atoms with Crippen LogP contribution in [0.1, 0.15) is 0 Å². The van der Waals surface area contributed by atoms with Gasteiger partial charge in [-0.3, -0.25) is 0 Å². The van der Waals surface area contributed by atoms with E-state index in [1.165, 1.54) is 0 Å². The highest BCUT2D eigenvalue weighted by Crippen LogP contribution is 2.08. The van der Waals surface area contributed by atoms with Crippen LogP contribution in [0.5, 0.6) is 0 Å². The van der Waals surface area contributed by atoms with Crippen molar-refractivity contribution in [2.24, 2.45) is 0 Å². The Balaban J connectivity index is 2.05. The predicted molar refractivity (Wildman–Crippen MR) is 26.0 cm³/mol. The molecule has 2 heteroatoms. The van der Waals surface area contributed by atoms with Gasteiger partial charge in [-0.1, -0.05) is 12.2 Å². The average Bonchev–Trinajstić information content (AvgIpc) is 2.42. The Hall–Kier alpha value is -0.340. The summed E-state index contributed by atoms with van der Waals surface area (Å²) in [5.41, 5.74) is 0. The maximum absolute atomic E-state index is 8.20. The van der Waals surface area contributed by atoms with E-state index in [0.717, 1.165) is 6.61 Å². The van der Waals surface area contributed by atoms with Crippen LogP contribution in [-0.2, 0) is 4.74 Å². The van der Waals surface area contributed by atoms with Gasteiger partial charge in [0.1, 0.15) is 0 Å². The average molecular weight is 100 g/mol. The summed E-state index contributed by atoms with van der Waals surface area (Å²) in [4.78, 5) is 0. The molecule has 0 aromatic rings. The van der Waals surface area contributed by atoms with E-state index in [2.05, 4.69) is 0 Å². The van der Waals surface area contributed by atoms with E-state index in [4.69, 9.17) is 9.84 Å². The Kier molecular flexibility index (Phi) is 1.44. The van der Waals surface area contributed by atoms with Crippen LogP contribution in [0, 0.1) is 0 Å². The van der Waals surface area contributed by atoms with Crippen molar-refractivity contribution in [3.63, 3.8) is 0 Å². The van der Waals surface area contributed by atoms with E-state index in [1.807, 2.05) is 6.08 Å². The number of ether oxygens (including phenoxy) is 1. The first-order valence-electron chi connectivity index (χ1n) is 2.32. The number of hydrogen-bond acceptors (Lipinski definition) is 2. The second-order valence-corrected chi connectivity index (χ2v) is 1.48. The Labute approximate surface area is 42.4 Å². The molecule has 0 radical (unpaired) electrons. The van der Waals surface area contributed by atoms with Crippen molar-refractivity contribution in [3.05, 3.63) is 12.2 Å². The summed E-state index contributed by atoms with van der Waals surface area (Å²) in [7, 11) is 0. The molecule has 0 saturated carbocycles. The third kappa shape index (κ3) is 1.71. The Morgan fingerprint density at radius 2 is 2.57 bits per heavy atom. The molecule has 0 aliphatic carbocycles. The van der Waals surface area contributed by atoms with Crippen molar-refractivity contribution < 1.29 is 9.84 Å². The molecule has 1 fully saturated rings. The van der Waals surface area contributed by atoms with Crippen LogP contribution in [-0.4, -0.2) is 24.4 Å². The van der Waals surface area contributed by atoms with Crippen LogP contribution in [0.2, 0.25) is 0 Å². The van der Waals surface area contributed by atoms with E-state index in [9.17, 15) is 0 Å². The quantitative estimate of drug-likeness (QED) is 0.389. The van der Waals surface area contributed by atoms with Crippen molar-refractivity contribution in [2.45, 2.75) is 6.10 Å². The normalized spacial score (nSPS) is 29.0. The molecule has 0 bridgehead atoms. The van der Waals surface area contributed by atoms with Crippen LogP contribution in [0.4, 0.5) is 0 Å². The largest absolute Gasteiger partial charge is 0.392 e. The second-order valence-electron chi connectivity index (χ2n) is 1.48. The summed E-state index contributed by atoms with van der Waals surface area (Å²) in [6.45, 7) is 0.955. The lowest BCUT2D eigenvalue weighted by Gasteiger charge is -1.73. The standard InChI is InChI=1S/C5H8O2/c6-3-1-2-5-4-7-5/h1-2,5-6H,3-4H2. The van der Waals surface area contributed by atoms with Gasteiger partial charge in [-0.15, -0.1) is 0 Å². The van der Waals surface area contributed by atoms with E-state index in [1.54, 1.807) is 6.08 Å². The maximum Gasteiger partial charge on any atom is 0.0991 e. The Bertz CT molecular complexity index is 74.1. The highest BCUT2D eigenvalue weighted by molar-refractivity contribution is 4.95. The van der Waals surface area contributed by atoms with Gasteiger partial charge in [0.2, 0.25) is 0 Å². The van der Waals surface area contributed by atoms with Crippen LogP contribution < -0.4 is 0 Å². The van der Waals surface area contributed by atoms with Crippen LogP contribution >= 0.6 is 0 Å². The van der Waals surface area contributed by atoms with Crippen LogP contribution in [0.15, 0.2) is 12.2 Å². The fraction of sp³-hybridized carbons (Fsp3) is 0.600. The Morgan fingerprint density at radius 3 is 3.00 bits per heavy atom. The van der Waals surface area contributed by atoms with Gasteiger partial charge in [0.05, 0.1) is 19.3 Å². The summed E-state index contributed by atoms with van der Waals surface area (Å²) < 4.78 is 4.81. The number of rotatable bonds is 2. The van der Waals surface area contributed by atoms with Crippen LogP contribution in [0.25, 0.3) is 0 Å². The minimum absolute atomic E-state index is 0.125. The molecule has 7 heavy (non-hydrogen) atoms. The van der Waals surface area contributed by atoms with Crippen molar-refractivity contribution in [1.82, 2.24) is 0 Å². The third-order valence-electron chi connectivity index (χ3n) is 0.815. The predicted octanol–water partition coefficient (Wildman–Crippen LogP) is -0.0663. The zero-order valence-electron chi connectivity index (χ0n) is 4.00. The van der Waals surface area contributed by atoms with Crippen molar-refractivity contribution in [3.8, 4) is 0 Å². The highest BCUT2D eigenvalue weighted by atomic mass is 16.6. The lowest BCUT2D eigenvalue weighted by atomic mass is 10.4. The molecule has 1 rings (SSSR count). The van der Waals surface area contributed by atoms with Gasteiger partial charge in [0, 0.05) is 0 Å². The lowest BCUT2D eigenvalue weighted by Crippen LogP contribution is -1.76. The van der Waals surface area contributed by atoms with Gasteiger partial charge < -0.3 is 9.84 Å². The molecule has 1 aliphatic rings. The van der Waals surface area contributed by atoms with Crippen molar-refractivity contribution in [1.29, 1.82) is 0 Å². The second kappa shape index (κ2) is 2.09. The summed E-state index contributed by atoms with van der Waals surface area (Å²) in [6.07, 6.45) is 3.87. The molecule has 1 atom stereocenters. The molecule has 1 heterocycles. The summed E-state index contributed by atoms with van der Waals surface area (Å²) >= 11 is 0. The topological polar surface area (TPSA) is 32.8 Å². The molecule has 1 N–H and O–H groups in total. The smallest absolute Gasteiger partial charge is 0.0991 e. The molecule has 1 aliphatic heterocycles. The third-order valence-corrected chi connectivity index (χ3v) is 0.815. The van der Waals surface area contributed by atoms with Gasteiger partial charge in [-0.05, 0) is 0 Å². The summed E-state index contributed by atoms with van der Waals surface area (Å²) in [6, 6.07) is 0. The van der Waals surface area contributed by atoms with E-state index < -0.39 is 0 Å². The molecule has 0 amide bonds. The molecule has 1 saturated heterocycles. The molecule has 0 spiro atoms. The lowest BCUT2D eigenvalue weighted by molar-refractivity contribution is 0.341. The monoisotopic (exact) mass is 100 g/mol. The molecule has 1 unspecified atom stereocenters. The Morgan fingerprint density at radius 1 is 1.86 bits per heavy atom. The SMILES string of the molecule is OCC=CC1CO1. The molecular formula is C5H8O2. The molecule has 40 valence electrons. The van der Waals surface area contributed by atoms with Crippen molar-refractivity contribution >= 4 is 0 Å². The number of hydrogen-bond donors (Lipinski definition) is 1. The zero-order valence-corrected chi connectivity index (χ0v) is 4.00. The summed E-state index contributed by atoms with van der Waals surface area (Å²) in [5.74, 6) is 0. The fourth-order valence-electron chi connectivity index (χ4n) is 0.379. The van der Waals surface area contributed by atoms with Gasteiger partial charge >= 0.3 is 0 Å². The minimum Gasteiger partial charge on any atom is -0.392 e. The van der Waals surface area contributed by atoms with E-state index in [0.29, 0.717) is 6.10 Å². The van der Waals surface area contributed by atoms with E-state index >= 15 is 0 Å². The van der Waals surface area contributed by atoms with Crippen molar-refractivity contribution in [2.75, 3.05) is 13.2 Å². The van der Waals surface area contributed by atoms with Gasteiger partial charge in [0.25, 0.3) is 0 Å². The first kappa shape index (κ1) is 4.81. The van der Waals surface area contributed by atoms with Gasteiger partial charge in [0.15, 0.2) is 0 Å². The van der Waals surface area contributed by atoms with Crippen LogP contribution in [0.3, 0.4) is 0 Å². The number of epoxide rings is 1. The molecular weight excluding hydrogens is 92.1 g/mol.